The van der Waals surface area contributed by atoms with Gasteiger partial charge in [0.1, 0.15) is 0 Å². The minimum Gasteiger partial charge on any atom is -0.348 e. The van der Waals surface area contributed by atoms with Gasteiger partial charge in [-0.05, 0) is 17.7 Å². The van der Waals surface area contributed by atoms with Gasteiger partial charge in [0.25, 0.3) is 15.9 Å². The van der Waals surface area contributed by atoms with Gasteiger partial charge in [-0.15, -0.1) is 0 Å². The molecule has 0 fully saturated rings. The molecule has 0 aliphatic rings. The van der Waals surface area contributed by atoms with Gasteiger partial charge in [0, 0.05) is 6.54 Å². The van der Waals surface area contributed by atoms with Crippen molar-refractivity contribution in [2.24, 2.45) is 0 Å². The van der Waals surface area contributed by atoms with Crippen molar-refractivity contribution in [3.05, 3.63) is 76.4 Å². The average molecular weight is 408 g/mol. The number of anilines is 1. The monoisotopic (exact) mass is 407 g/mol. The molecule has 26 heavy (non-hydrogen) atoms. The van der Waals surface area contributed by atoms with Crippen molar-refractivity contribution >= 4 is 44.6 Å². The van der Waals surface area contributed by atoms with Crippen LogP contribution in [-0.2, 0) is 16.6 Å². The molecule has 0 saturated heterocycles. The highest BCUT2D eigenvalue weighted by Gasteiger charge is 2.20. The smallest absolute Gasteiger partial charge is 0.273 e. The summed E-state index contributed by atoms with van der Waals surface area (Å²) in [6.07, 6.45) is 1.17. The molecule has 0 atom stereocenters. The number of aromatic nitrogens is 1. The van der Waals surface area contributed by atoms with Gasteiger partial charge < -0.3 is 5.32 Å². The predicted molar refractivity (Wildman–Crippen MR) is 102 cm³/mol. The Labute approximate surface area is 159 Å². The van der Waals surface area contributed by atoms with Crippen LogP contribution in [0.3, 0.4) is 0 Å². The van der Waals surface area contributed by atoms with Gasteiger partial charge in [-0.25, -0.2) is 13.4 Å². The van der Waals surface area contributed by atoms with Gasteiger partial charge in [-0.2, -0.15) is 0 Å². The fourth-order valence-corrected chi connectivity index (χ4v) is 4.57. The number of sulfonamides is 1. The molecule has 0 aliphatic heterocycles. The lowest BCUT2D eigenvalue weighted by Gasteiger charge is -2.12. The normalized spacial score (nSPS) is 11.1. The molecule has 1 aromatic heterocycles. The standard InChI is InChI=1S/C17H14ClN3O3S2/c18-17-20-11-15(25-17)26(23,24)21-14-9-5-4-8-13(14)16(22)19-10-12-6-2-1-3-7-12/h1-9,11,21H,10H2,(H,19,22). The van der Waals surface area contributed by atoms with Crippen molar-refractivity contribution in [1.82, 2.24) is 10.3 Å². The molecule has 134 valence electrons. The zero-order valence-electron chi connectivity index (χ0n) is 13.3. The van der Waals surface area contributed by atoms with Crippen LogP contribution in [0.15, 0.2) is 65.0 Å². The molecule has 0 saturated carbocycles. The fourth-order valence-electron chi connectivity index (χ4n) is 2.20. The van der Waals surface area contributed by atoms with Gasteiger partial charge in [0.15, 0.2) is 8.68 Å². The number of hydrogen-bond acceptors (Lipinski definition) is 5. The molecule has 0 unspecified atom stereocenters. The highest BCUT2D eigenvalue weighted by Crippen LogP contribution is 2.26. The van der Waals surface area contributed by atoms with Crippen molar-refractivity contribution in [2.75, 3.05) is 4.72 Å². The van der Waals surface area contributed by atoms with E-state index in [9.17, 15) is 13.2 Å². The third-order valence-electron chi connectivity index (χ3n) is 3.43. The van der Waals surface area contributed by atoms with Crippen LogP contribution < -0.4 is 10.0 Å². The third-order valence-corrected chi connectivity index (χ3v) is 6.37. The van der Waals surface area contributed by atoms with Crippen molar-refractivity contribution in [3.63, 3.8) is 0 Å². The highest BCUT2D eigenvalue weighted by molar-refractivity contribution is 7.94. The van der Waals surface area contributed by atoms with E-state index in [1.165, 1.54) is 12.3 Å². The Morgan fingerprint density at radius 1 is 1.08 bits per heavy atom. The van der Waals surface area contributed by atoms with E-state index in [-0.39, 0.29) is 25.8 Å². The molecular formula is C17H14ClN3O3S2. The summed E-state index contributed by atoms with van der Waals surface area (Å²) >= 11 is 6.54. The van der Waals surface area contributed by atoms with E-state index in [0.717, 1.165) is 16.9 Å². The Morgan fingerprint density at radius 2 is 1.77 bits per heavy atom. The molecule has 0 spiro atoms. The Balaban J connectivity index is 1.78. The van der Waals surface area contributed by atoms with E-state index in [4.69, 9.17) is 11.6 Å². The number of hydrogen-bond donors (Lipinski definition) is 2. The number of thiazole rings is 1. The lowest BCUT2D eigenvalue weighted by molar-refractivity contribution is 0.0952. The zero-order chi connectivity index (χ0) is 18.6. The number of para-hydroxylation sites is 1. The van der Waals surface area contributed by atoms with Crippen LogP contribution in [0.2, 0.25) is 4.47 Å². The second-order valence-electron chi connectivity index (χ2n) is 5.25. The number of nitrogens with zero attached hydrogens (tertiary/aromatic N) is 1. The molecule has 1 heterocycles. The van der Waals surface area contributed by atoms with Crippen molar-refractivity contribution in [1.29, 1.82) is 0 Å². The largest absolute Gasteiger partial charge is 0.348 e. The first-order chi connectivity index (χ1) is 12.5. The van der Waals surface area contributed by atoms with Crippen LogP contribution in [0.4, 0.5) is 5.69 Å². The summed E-state index contributed by atoms with van der Waals surface area (Å²) in [7, 11) is -3.87. The predicted octanol–water partition coefficient (Wildman–Crippen LogP) is 3.53. The quantitative estimate of drug-likeness (QED) is 0.654. The van der Waals surface area contributed by atoms with Crippen LogP contribution in [-0.4, -0.2) is 19.3 Å². The third kappa shape index (κ3) is 4.40. The minimum atomic E-state index is -3.87. The SMILES string of the molecule is O=C(NCc1ccccc1)c1ccccc1NS(=O)(=O)c1cnc(Cl)s1. The first-order valence-electron chi connectivity index (χ1n) is 7.51. The van der Waals surface area contributed by atoms with Crippen LogP contribution in [0, 0.1) is 0 Å². The average Bonchev–Trinajstić information content (AvgIpc) is 3.08. The Morgan fingerprint density at radius 3 is 2.46 bits per heavy atom. The van der Waals surface area contributed by atoms with Gasteiger partial charge in [-0.3, -0.25) is 9.52 Å². The second-order valence-corrected chi connectivity index (χ2v) is 8.77. The van der Waals surface area contributed by atoms with Crippen LogP contribution in [0.5, 0.6) is 0 Å². The first kappa shape index (κ1) is 18.4. The van der Waals surface area contributed by atoms with Gasteiger partial charge in [0.05, 0.1) is 17.4 Å². The molecule has 2 N–H and O–H groups in total. The van der Waals surface area contributed by atoms with Crippen molar-refractivity contribution in [2.45, 2.75) is 10.8 Å². The summed E-state index contributed by atoms with van der Waals surface area (Å²) in [6, 6.07) is 15.8. The lowest BCUT2D eigenvalue weighted by atomic mass is 10.1. The molecule has 0 aliphatic carbocycles. The number of rotatable bonds is 6. The van der Waals surface area contributed by atoms with E-state index in [0.29, 0.717) is 6.54 Å². The van der Waals surface area contributed by atoms with Crippen molar-refractivity contribution < 1.29 is 13.2 Å². The molecule has 6 nitrogen and oxygen atoms in total. The molecule has 1 amide bonds. The second kappa shape index (κ2) is 7.86. The minimum absolute atomic E-state index is 0.0259. The summed E-state index contributed by atoms with van der Waals surface area (Å²) in [5.74, 6) is -0.380. The van der Waals surface area contributed by atoms with Gasteiger partial charge in [-0.1, -0.05) is 65.4 Å². The first-order valence-corrected chi connectivity index (χ1v) is 10.2. The lowest BCUT2D eigenvalue weighted by Crippen LogP contribution is -2.24. The van der Waals surface area contributed by atoms with Gasteiger partial charge >= 0.3 is 0 Å². The molecule has 0 radical (unpaired) electrons. The van der Waals surface area contributed by atoms with Crippen LogP contribution in [0.1, 0.15) is 15.9 Å². The number of carbonyl (C=O) groups excluding carboxylic acids is 1. The maximum atomic E-state index is 12.5. The number of carbonyl (C=O) groups is 1. The maximum Gasteiger partial charge on any atom is 0.273 e. The van der Waals surface area contributed by atoms with Crippen LogP contribution >= 0.6 is 22.9 Å². The van der Waals surface area contributed by atoms with E-state index in [1.807, 2.05) is 30.3 Å². The van der Waals surface area contributed by atoms with E-state index in [2.05, 4.69) is 15.0 Å². The number of halogens is 1. The number of nitrogens with one attached hydrogen (secondary N) is 2. The molecular weight excluding hydrogens is 394 g/mol. The fraction of sp³-hybridized carbons (Fsp3) is 0.0588. The zero-order valence-corrected chi connectivity index (χ0v) is 15.7. The molecule has 3 aromatic rings. The Hall–Kier alpha value is -2.42. The van der Waals surface area contributed by atoms with E-state index in [1.54, 1.807) is 18.2 Å². The molecule has 2 aromatic carbocycles. The summed E-state index contributed by atoms with van der Waals surface area (Å²) in [4.78, 5) is 16.2. The summed E-state index contributed by atoms with van der Waals surface area (Å²) in [5, 5.41) is 2.78. The molecule has 0 bridgehead atoms. The number of amides is 1. The van der Waals surface area contributed by atoms with Crippen molar-refractivity contribution in [3.8, 4) is 0 Å². The topological polar surface area (TPSA) is 88.2 Å². The number of benzene rings is 2. The Bertz CT molecular complexity index is 1020. The van der Waals surface area contributed by atoms with Gasteiger partial charge in [0.2, 0.25) is 0 Å². The van der Waals surface area contributed by atoms with E-state index >= 15 is 0 Å². The Kier molecular flexibility index (Phi) is 5.55. The highest BCUT2D eigenvalue weighted by atomic mass is 35.5. The summed E-state index contributed by atoms with van der Waals surface area (Å²) < 4.78 is 27.4. The van der Waals surface area contributed by atoms with Crippen LogP contribution in [0.25, 0.3) is 0 Å². The maximum absolute atomic E-state index is 12.5. The summed E-state index contributed by atoms with van der Waals surface area (Å²) in [5.41, 5.74) is 1.35. The molecule has 9 heteroatoms. The van der Waals surface area contributed by atoms with E-state index < -0.39 is 10.0 Å². The summed E-state index contributed by atoms with van der Waals surface area (Å²) in [6.45, 7) is 0.339. The molecule has 3 rings (SSSR count).